The van der Waals surface area contributed by atoms with E-state index in [0.29, 0.717) is 6.42 Å². The molecule has 4 rings (SSSR count). The number of carboxylic acid groups (broad SMARTS) is 1. The van der Waals surface area contributed by atoms with Crippen molar-refractivity contribution in [2.24, 2.45) is 11.8 Å². The van der Waals surface area contributed by atoms with Crippen molar-refractivity contribution in [3.05, 3.63) is 35.9 Å². The van der Waals surface area contributed by atoms with Crippen LogP contribution in [-0.4, -0.2) is 103 Å². The van der Waals surface area contributed by atoms with Gasteiger partial charge in [0.15, 0.2) is 0 Å². The van der Waals surface area contributed by atoms with E-state index in [1.165, 1.54) is 4.31 Å². The number of benzene rings is 1. The molecule has 0 unspecified atom stereocenters. The third-order valence-electron chi connectivity index (χ3n) is 9.03. The van der Waals surface area contributed by atoms with Crippen LogP contribution in [0.3, 0.4) is 0 Å². The number of sulfonamides is 1. The Morgan fingerprint density at radius 1 is 1.02 bits per heavy atom. The van der Waals surface area contributed by atoms with Crippen molar-refractivity contribution in [1.29, 1.82) is 0 Å². The molecule has 12 nitrogen and oxygen atoms in total. The highest BCUT2D eigenvalue weighted by atomic mass is 32.2. The first-order chi connectivity index (χ1) is 19.9. The van der Waals surface area contributed by atoms with Gasteiger partial charge in [-0.25, -0.2) is 13.2 Å². The molecular formula is C29H43N5O7S. The molecule has 0 spiro atoms. The summed E-state index contributed by atoms with van der Waals surface area (Å²) in [6.07, 6.45) is 6.00. The summed E-state index contributed by atoms with van der Waals surface area (Å²) in [5.74, 6) is -3.48. The van der Waals surface area contributed by atoms with Gasteiger partial charge >= 0.3 is 5.97 Å². The van der Waals surface area contributed by atoms with E-state index in [4.69, 9.17) is 0 Å². The van der Waals surface area contributed by atoms with Crippen molar-refractivity contribution in [3.8, 4) is 0 Å². The van der Waals surface area contributed by atoms with Gasteiger partial charge in [-0.15, -0.1) is 0 Å². The number of hydrogen-bond donors (Lipinski definition) is 4. The topological polar surface area (TPSA) is 165 Å². The van der Waals surface area contributed by atoms with Crippen molar-refractivity contribution in [2.45, 2.75) is 82.1 Å². The van der Waals surface area contributed by atoms with Gasteiger partial charge in [-0.2, -0.15) is 4.31 Å². The Balaban J connectivity index is 1.61. The summed E-state index contributed by atoms with van der Waals surface area (Å²) in [6, 6.07) is 4.98. The van der Waals surface area contributed by atoms with E-state index in [2.05, 4.69) is 16.0 Å². The fourth-order valence-corrected chi connectivity index (χ4v) is 7.83. The number of amides is 3. The highest BCUT2D eigenvalue weighted by Gasteiger charge is 2.56. The van der Waals surface area contributed by atoms with Gasteiger partial charge in [0, 0.05) is 25.6 Å². The summed E-state index contributed by atoms with van der Waals surface area (Å²) >= 11 is 0. The van der Waals surface area contributed by atoms with Crippen LogP contribution >= 0.6 is 0 Å². The Kier molecular flexibility index (Phi) is 10.3. The maximum Gasteiger partial charge on any atom is 0.326 e. The zero-order valence-corrected chi connectivity index (χ0v) is 25.3. The van der Waals surface area contributed by atoms with Gasteiger partial charge in [0.05, 0.1) is 24.3 Å². The number of rotatable bonds is 11. The lowest BCUT2D eigenvalue weighted by molar-refractivity contribution is -0.144. The summed E-state index contributed by atoms with van der Waals surface area (Å²) in [7, 11) is -2.06. The van der Waals surface area contributed by atoms with Crippen LogP contribution in [-0.2, 0) is 35.6 Å². The second-order valence-corrected chi connectivity index (χ2v) is 13.7. The molecule has 2 aliphatic heterocycles. The van der Waals surface area contributed by atoms with Gasteiger partial charge in [0.2, 0.25) is 27.7 Å². The Bertz CT molecular complexity index is 1250. The fourth-order valence-electron chi connectivity index (χ4n) is 6.68. The number of hydrogen-bond acceptors (Lipinski definition) is 7. The van der Waals surface area contributed by atoms with Gasteiger partial charge < -0.3 is 26.0 Å². The van der Waals surface area contributed by atoms with Crippen molar-refractivity contribution >= 4 is 33.7 Å². The number of carboxylic acids is 1. The Morgan fingerprint density at radius 3 is 2.29 bits per heavy atom. The SMILES string of the molecule is CN[C@H](C)C(=O)N[C@H](C(=O)N1CC[C@@H]2[C@H]1[C@@H](C(=O)N[C@@H](Cc1ccccc1)C(=O)O)CN2S(C)(=O)=O)C1CCCCC1. The molecule has 3 fully saturated rings. The average molecular weight is 606 g/mol. The summed E-state index contributed by atoms with van der Waals surface area (Å²) in [6.45, 7) is 1.79. The number of aliphatic carboxylic acids is 1. The number of likely N-dealkylation sites (N-methyl/N-ethyl adjacent to an activating group) is 1. The predicted molar refractivity (Wildman–Crippen MR) is 156 cm³/mol. The van der Waals surface area contributed by atoms with Crippen LogP contribution in [0.25, 0.3) is 0 Å². The van der Waals surface area contributed by atoms with Crippen LogP contribution in [0.15, 0.2) is 30.3 Å². The van der Waals surface area contributed by atoms with Crippen molar-refractivity contribution in [2.75, 3.05) is 26.4 Å². The number of nitrogens with zero attached hydrogens (tertiary/aromatic N) is 2. The van der Waals surface area contributed by atoms with E-state index >= 15 is 0 Å². The minimum atomic E-state index is -3.72. The third kappa shape index (κ3) is 7.12. The molecule has 42 heavy (non-hydrogen) atoms. The molecule has 3 aliphatic rings. The molecule has 13 heteroatoms. The molecule has 0 bridgehead atoms. The number of carbonyl (C=O) groups is 4. The van der Waals surface area contributed by atoms with Crippen LogP contribution < -0.4 is 16.0 Å². The first-order valence-corrected chi connectivity index (χ1v) is 16.6. The highest BCUT2D eigenvalue weighted by molar-refractivity contribution is 7.88. The van der Waals surface area contributed by atoms with Crippen LogP contribution in [0.4, 0.5) is 0 Å². The summed E-state index contributed by atoms with van der Waals surface area (Å²) in [5, 5.41) is 18.3. The second kappa shape index (κ2) is 13.5. The van der Waals surface area contributed by atoms with Crippen molar-refractivity contribution < 1.29 is 32.7 Å². The number of nitrogens with one attached hydrogen (secondary N) is 3. The molecule has 2 saturated heterocycles. The molecule has 1 aromatic carbocycles. The normalized spacial score (nSPS) is 25.3. The van der Waals surface area contributed by atoms with Gasteiger partial charge in [-0.1, -0.05) is 49.6 Å². The van der Waals surface area contributed by atoms with Crippen LogP contribution in [0.5, 0.6) is 0 Å². The number of likely N-dealkylation sites (tertiary alicyclic amines) is 1. The summed E-state index contributed by atoms with van der Waals surface area (Å²) in [5.41, 5.74) is 0.729. The van der Waals surface area contributed by atoms with Gasteiger partial charge in [-0.3, -0.25) is 14.4 Å². The van der Waals surface area contributed by atoms with E-state index in [0.717, 1.165) is 43.9 Å². The lowest BCUT2D eigenvalue weighted by Crippen LogP contribution is -2.58. The molecule has 232 valence electrons. The Hall–Kier alpha value is -3.03. The smallest absolute Gasteiger partial charge is 0.326 e. The van der Waals surface area contributed by atoms with E-state index < -0.39 is 58.0 Å². The first kappa shape index (κ1) is 31.9. The summed E-state index contributed by atoms with van der Waals surface area (Å²) in [4.78, 5) is 54.5. The molecule has 0 aromatic heterocycles. The molecule has 4 N–H and O–H groups in total. The quantitative estimate of drug-likeness (QED) is 0.280. The highest BCUT2D eigenvalue weighted by Crippen LogP contribution is 2.39. The van der Waals surface area contributed by atoms with Gasteiger partial charge in [-0.05, 0) is 44.7 Å². The number of fused-ring (bicyclic) bond motifs is 1. The fraction of sp³-hybridized carbons (Fsp3) is 0.655. The van der Waals surface area contributed by atoms with Crippen LogP contribution in [0.1, 0.15) is 51.0 Å². The van der Waals surface area contributed by atoms with Crippen molar-refractivity contribution in [3.63, 3.8) is 0 Å². The third-order valence-corrected chi connectivity index (χ3v) is 10.3. The standard InChI is InChI=1S/C29H43N5O7S/c1-18(30-2)26(35)32-24(20-12-8-5-9-13-20)28(37)33-15-14-23-25(33)21(17-34(23)42(3,40)41)27(36)31-22(29(38)39)16-19-10-6-4-7-11-19/h4,6-7,10-11,18,20-25,30H,5,8-9,12-17H2,1-3H3,(H,31,36)(H,32,35)(H,38,39)/t18-,21+,22+,23-,24+,25-/m1/s1. The molecule has 2 heterocycles. The van der Waals surface area contributed by atoms with Gasteiger partial charge in [0.1, 0.15) is 12.1 Å². The number of carbonyl (C=O) groups excluding carboxylic acids is 3. The largest absolute Gasteiger partial charge is 0.480 e. The zero-order chi connectivity index (χ0) is 30.6. The van der Waals surface area contributed by atoms with Crippen LogP contribution in [0, 0.1) is 11.8 Å². The van der Waals surface area contributed by atoms with Crippen molar-refractivity contribution in [1.82, 2.24) is 25.2 Å². The predicted octanol–water partition coefficient (Wildman–Crippen LogP) is 0.332. The Morgan fingerprint density at radius 2 is 1.69 bits per heavy atom. The van der Waals surface area contributed by atoms with Gasteiger partial charge in [0.25, 0.3) is 0 Å². The molecule has 0 radical (unpaired) electrons. The van der Waals surface area contributed by atoms with E-state index in [9.17, 15) is 32.7 Å². The second-order valence-electron chi connectivity index (χ2n) is 11.8. The van der Waals surface area contributed by atoms with E-state index in [-0.39, 0.29) is 37.2 Å². The zero-order valence-electron chi connectivity index (χ0n) is 24.5. The molecule has 1 saturated carbocycles. The monoisotopic (exact) mass is 605 g/mol. The minimum Gasteiger partial charge on any atom is -0.480 e. The molecule has 1 aliphatic carbocycles. The maximum absolute atomic E-state index is 14.2. The lowest BCUT2D eigenvalue weighted by atomic mass is 9.83. The Labute approximate surface area is 247 Å². The van der Waals surface area contributed by atoms with Crippen LogP contribution in [0.2, 0.25) is 0 Å². The molecular weight excluding hydrogens is 562 g/mol. The molecule has 1 aromatic rings. The average Bonchev–Trinajstić information content (AvgIpc) is 3.56. The first-order valence-electron chi connectivity index (χ1n) is 14.7. The molecule has 3 amide bonds. The maximum atomic E-state index is 14.2. The van der Waals surface area contributed by atoms with E-state index in [1.54, 1.807) is 43.1 Å². The van der Waals surface area contributed by atoms with E-state index in [1.807, 2.05) is 6.07 Å². The molecule has 6 atom stereocenters. The minimum absolute atomic E-state index is 0.0561. The lowest BCUT2D eigenvalue weighted by Gasteiger charge is -2.36. The summed E-state index contributed by atoms with van der Waals surface area (Å²) < 4.78 is 26.8.